The van der Waals surface area contributed by atoms with E-state index in [4.69, 9.17) is 0 Å². The number of nitrogens with one attached hydrogen (secondary N) is 1. The lowest BCUT2D eigenvalue weighted by molar-refractivity contribution is 0.621. The topological polar surface area (TPSA) is 24.9 Å². The Morgan fingerprint density at radius 3 is 2.59 bits per heavy atom. The van der Waals surface area contributed by atoms with Gasteiger partial charge in [0.05, 0.1) is 11.2 Å². The Morgan fingerprint density at radius 1 is 1.36 bits per heavy atom. The van der Waals surface area contributed by atoms with Crippen molar-refractivity contribution in [2.24, 2.45) is 5.92 Å². The van der Waals surface area contributed by atoms with Crippen molar-refractivity contribution >= 4 is 28.4 Å². The summed E-state index contributed by atoms with van der Waals surface area (Å²) in [5, 5.41) is 4.35. The van der Waals surface area contributed by atoms with Crippen LogP contribution < -0.4 is 5.32 Å². The summed E-state index contributed by atoms with van der Waals surface area (Å²) in [5.74, 6) is 1.03. The summed E-state index contributed by atoms with van der Waals surface area (Å²) in [6.45, 7) is 14.3. The number of hydrogen-bond acceptors (Lipinski definition) is 4. The summed E-state index contributed by atoms with van der Waals surface area (Å²) >= 11 is 3.27. The molecule has 0 spiro atoms. The second-order valence-corrected chi connectivity index (χ2v) is 7.27. The van der Waals surface area contributed by atoms with Crippen LogP contribution in [0.2, 0.25) is 0 Å². The Bertz CT molecular complexity index is 578. The van der Waals surface area contributed by atoms with Crippen LogP contribution >= 0.6 is 23.5 Å². The zero-order valence-corrected chi connectivity index (χ0v) is 15.2. The summed E-state index contributed by atoms with van der Waals surface area (Å²) in [7, 11) is 0. The van der Waals surface area contributed by atoms with Crippen molar-refractivity contribution in [3.63, 3.8) is 0 Å². The monoisotopic (exact) mass is 338 g/mol. The molecule has 0 saturated carbocycles. The molecule has 1 N–H and O–H groups in total. The zero-order chi connectivity index (χ0) is 16.7. The molecule has 1 unspecified atom stereocenters. The van der Waals surface area contributed by atoms with Crippen LogP contribution in [0.4, 0.5) is 4.39 Å². The average Bonchev–Trinajstić information content (AvgIpc) is 2.46. The lowest BCUT2D eigenvalue weighted by atomic mass is 10.1. The molecule has 0 fully saturated rings. The quantitative estimate of drug-likeness (QED) is 0.697. The van der Waals surface area contributed by atoms with Gasteiger partial charge in [-0.15, -0.1) is 0 Å². The number of allylic oxidation sites excluding steroid dienone is 2. The van der Waals surface area contributed by atoms with Crippen LogP contribution in [0.3, 0.4) is 0 Å². The SMILES string of the molecule is C=C(SC(NC(=C)C(C)CSC)=C(C)C)c1cncc(F)c1. The Kier molecular flexibility index (Phi) is 7.76. The molecule has 0 aliphatic carbocycles. The van der Waals surface area contributed by atoms with Gasteiger partial charge in [0.15, 0.2) is 0 Å². The van der Waals surface area contributed by atoms with Crippen molar-refractivity contribution in [3.8, 4) is 0 Å². The third kappa shape index (κ3) is 5.89. The third-order valence-corrected chi connectivity index (χ3v) is 5.02. The van der Waals surface area contributed by atoms with E-state index in [1.165, 1.54) is 24.0 Å². The predicted octanol–water partition coefficient (Wildman–Crippen LogP) is 5.28. The fourth-order valence-electron chi connectivity index (χ4n) is 1.62. The van der Waals surface area contributed by atoms with E-state index in [1.54, 1.807) is 18.0 Å². The molecule has 5 heteroatoms. The van der Waals surface area contributed by atoms with Gasteiger partial charge >= 0.3 is 0 Å². The molecule has 1 atom stereocenters. The maximum atomic E-state index is 13.3. The minimum atomic E-state index is -0.357. The number of hydrogen-bond donors (Lipinski definition) is 1. The van der Waals surface area contributed by atoms with E-state index in [9.17, 15) is 4.39 Å². The fourth-order valence-corrected chi connectivity index (χ4v) is 3.18. The lowest BCUT2D eigenvalue weighted by Gasteiger charge is -2.20. The highest BCUT2D eigenvalue weighted by Crippen LogP contribution is 2.33. The van der Waals surface area contributed by atoms with Crippen molar-refractivity contribution in [1.82, 2.24) is 10.3 Å². The number of pyridine rings is 1. The van der Waals surface area contributed by atoms with Gasteiger partial charge in [-0.05, 0) is 31.7 Å². The second kappa shape index (κ2) is 9.06. The van der Waals surface area contributed by atoms with Gasteiger partial charge in [0, 0.05) is 34.0 Å². The summed E-state index contributed by atoms with van der Waals surface area (Å²) in [4.78, 5) is 4.62. The molecule has 0 amide bonds. The molecule has 0 bridgehead atoms. The molecule has 0 aliphatic rings. The van der Waals surface area contributed by atoms with Crippen LogP contribution in [0.25, 0.3) is 4.91 Å². The van der Waals surface area contributed by atoms with Crippen LogP contribution in [0, 0.1) is 11.7 Å². The molecule has 0 aliphatic heterocycles. The largest absolute Gasteiger partial charge is 0.354 e. The number of rotatable bonds is 8. The number of halogens is 1. The molecule has 0 saturated heterocycles. The fraction of sp³-hybridized carbons (Fsp3) is 0.353. The average molecular weight is 339 g/mol. The highest BCUT2D eigenvalue weighted by atomic mass is 32.2. The number of thioether (sulfide) groups is 2. The highest BCUT2D eigenvalue weighted by Gasteiger charge is 2.11. The molecular weight excluding hydrogens is 315 g/mol. The second-order valence-electron chi connectivity index (χ2n) is 5.25. The Hall–Kier alpha value is -1.20. The molecule has 0 aromatic carbocycles. The molecule has 1 aromatic heterocycles. The van der Waals surface area contributed by atoms with Crippen LogP contribution in [-0.4, -0.2) is 17.0 Å². The molecule has 22 heavy (non-hydrogen) atoms. The normalized spacial score (nSPS) is 11.7. The van der Waals surface area contributed by atoms with Gasteiger partial charge in [-0.1, -0.05) is 31.8 Å². The first-order valence-corrected chi connectivity index (χ1v) is 9.16. The van der Waals surface area contributed by atoms with E-state index < -0.39 is 0 Å². The van der Waals surface area contributed by atoms with E-state index >= 15 is 0 Å². The number of nitrogens with zero attached hydrogens (tertiary/aromatic N) is 1. The standard InChI is InChI=1S/C17H23FN2S2/c1-11(2)17(20-13(4)12(3)10-21-6)22-14(5)15-7-16(18)9-19-8-15/h7-9,12,20H,4-5,10H2,1-3,6H3. The van der Waals surface area contributed by atoms with Crippen LogP contribution in [-0.2, 0) is 0 Å². The molecule has 120 valence electrons. The zero-order valence-electron chi connectivity index (χ0n) is 13.6. The van der Waals surface area contributed by atoms with Crippen molar-refractivity contribution < 1.29 is 4.39 Å². The first kappa shape index (κ1) is 18.8. The predicted molar refractivity (Wildman–Crippen MR) is 99.0 cm³/mol. The molecule has 1 rings (SSSR count). The van der Waals surface area contributed by atoms with Gasteiger partial charge in [-0.3, -0.25) is 4.98 Å². The Labute approximate surface area is 141 Å². The molecule has 1 aromatic rings. The maximum absolute atomic E-state index is 13.3. The molecular formula is C17H23FN2S2. The van der Waals surface area contributed by atoms with Gasteiger partial charge in [-0.2, -0.15) is 11.8 Å². The third-order valence-electron chi connectivity index (χ3n) is 2.99. The summed E-state index contributed by atoms with van der Waals surface area (Å²) in [5.41, 5.74) is 2.80. The number of aromatic nitrogens is 1. The minimum Gasteiger partial charge on any atom is -0.354 e. The summed E-state index contributed by atoms with van der Waals surface area (Å²) < 4.78 is 13.3. The highest BCUT2D eigenvalue weighted by molar-refractivity contribution is 8.11. The Morgan fingerprint density at radius 2 is 2.05 bits per heavy atom. The minimum absolute atomic E-state index is 0.357. The summed E-state index contributed by atoms with van der Waals surface area (Å²) in [6.07, 6.45) is 4.89. The molecule has 2 nitrogen and oxygen atoms in total. The van der Waals surface area contributed by atoms with Crippen LogP contribution in [0.1, 0.15) is 26.3 Å². The van der Waals surface area contributed by atoms with E-state index in [-0.39, 0.29) is 5.82 Å². The molecule has 0 radical (unpaired) electrons. The van der Waals surface area contributed by atoms with Crippen molar-refractivity contribution in [3.05, 3.63) is 59.3 Å². The van der Waals surface area contributed by atoms with E-state index in [2.05, 4.69) is 36.6 Å². The van der Waals surface area contributed by atoms with Gasteiger partial charge in [0.2, 0.25) is 0 Å². The van der Waals surface area contributed by atoms with Crippen molar-refractivity contribution in [2.45, 2.75) is 20.8 Å². The van der Waals surface area contributed by atoms with E-state index in [0.29, 0.717) is 11.5 Å². The summed E-state index contributed by atoms with van der Waals surface area (Å²) in [6, 6.07) is 1.44. The molecule has 1 heterocycles. The van der Waals surface area contributed by atoms with Gasteiger partial charge < -0.3 is 5.32 Å². The van der Waals surface area contributed by atoms with Crippen LogP contribution in [0.5, 0.6) is 0 Å². The smallest absolute Gasteiger partial charge is 0.142 e. The Balaban J connectivity index is 2.80. The van der Waals surface area contributed by atoms with Gasteiger partial charge in [-0.25, -0.2) is 4.39 Å². The van der Waals surface area contributed by atoms with Crippen LogP contribution in [0.15, 0.2) is 47.9 Å². The first-order chi connectivity index (χ1) is 10.3. The van der Waals surface area contributed by atoms with Crippen molar-refractivity contribution in [2.75, 3.05) is 12.0 Å². The first-order valence-electron chi connectivity index (χ1n) is 6.95. The van der Waals surface area contributed by atoms with E-state index in [1.807, 2.05) is 13.8 Å². The van der Waals surface area contributed by atoms with Crippen molar-refractivity contribution in [1.29, 1.82) is 0 Å². The maximum Gasteiger partial charge on any atom is 0.142 e. The van der Waals surface area contributed by atoms with E-state index in [0.717, 1.165) is 27.0 Å². The van der Waals surface area contributed by atoms with Gasteiger partial charge in [0.1, 0.15) is 5.82 Å². The van der Waals surface area contributed by atoms with Gasteiger partial charge in [0.25, 0.3) is 0 Å². The lowest BCUT2D eigenvalue weighted by Crippen LogP contribution is -2.18.